The molecule has 0 aliphatic carbocycles. The van der Waals surface area contributed by atoms with Gasteiger partial charge in [0.05, 0.1) is 6.54 Å². The Labute approximate surface area is 158 Å². The van der Waals surface area contributed by atoms with E-state index < -0.39 is 0 Å². The smallest absolute Gasteiger partial charge is 0.315 e. The number of hydrogen-bond acceptors (Lipinski definition) is 4. The Balaban J connectivity index is 1.67. The molecule has 0 radical (unpaired) electrons. The maximum absolute atomic E-state index is 12.8. The fourth-order valence-electron chi connectivity index (χ4n) is 3.06. The summed E-state index contributed by atoms with van der Waals surface area (Å²) in [5.41, 5.74) is 1.57. The standard InChI is InChI=1S/C19H26N6O2/c1-12-5-7-13(8-6-12)21-17(26)14-9-10-15-23-24-16(25(14)15)11-20-18(27)22-19(2,3)4/h5-8,14H,9-11H2,1-4H3,(H,21,26)(H2,20,22,27). The van der Waals surface area contributed by atoms with Crippen LogP contribution in [-0.2, 0) is 17.8 Å². The molecule has 1 aromatic heterocycles. The van der Waals surface area contributed by atoms with Crippen molar-refractivity contribution in [3.8, 4) is 0 Å². The predicted molar refractivity (Wildman–Crippen MR) is 102 cm³/mol. The van der Waals surface area contributed by atoms with Crippen LogP contribution >= 0.6 is 0 Å². The Hall–Kier alpha value is -2.90. The number of hydrogen-bond donors (Lipinski definition) is 3. The van der Waals surface area contributed by atoms with Gasteiger partial charge in [-0.05, 0) is 46.2 Å². The average molecular weight is 370 g/mol. The van der Waals surface area contributed by atoms with Crippen molar-refractivity contribution in [3.63, 3.8) is 0 Å². The predicted octanol–water partition coefficient (Wildman–Crippen LogP) is 2.31. The van der Waals surface area contributed by atoms with E-state index in [1.54, 1.807) is 0 Å². The van der Waals surface area contributed by atoms with Crippen LogP contribution in [0.5, 0.6) is 0 Å². The molecule has 1 aliphatic rings. The lowest BCUT2D eigenvalue weighted by molar-refractivity contribution is -0.119. The lowest BCUT2D eigenvalue weighted by atomic mass is 10.1. The third kappa shape index (κ3) is 4.64. The molecule has 0 saturated heterocycles. The van der Waals surface area contributed by atoms with Gasteiger partial charge in [-0.25, -0.2) is 4.79 Å². The molecule has 27 heavy (non-hydrogen) atoms. The molecule has 8 nitrogen and oxygen atoms in total. The fraction of sp³-hybridized carbons (Fsp3) is 0.474. The van der Waals surface area contributed by atoms with Crippen LogP contribution in [0.2, 0.25) is 0 Å². The zero-order chi connectivity index (χ0) is 19.6. The van der Waals surface area contributed by atoms with Gasteiger partial charge < -0.3 is 20.5 Å². The van der Waals surface area contributed by atoms with Gasteiger partial charge in [-0.15, -0.1) is 10.2 Å². The zero-order valence-electron chi connectivity index (χ0n) is 16.2. The van der Waals surface area contributed by atoms with E-state index in [4.69, 9.17) is 0 Å². The Morgan fingerprint density at radius 3 is 2.56 bits per heavy atom. The van der Waals surface area contributed by atoms with Crippen molar-refractivity contribution in [1.82, 2.24) is 25.4 Å². The van der Waals surface area contributed by atoms with Gasteiger partial charge in [-0.1, -0.05) is 17.7 Å². The highest BCUT2D eigenvalue weighted by Gasteiger charge is 2.32. The highest BCUT2D eigenvalue weighted by atomic mass is 16.2. The molecule has 0 spiro atoms. The highest BCUT2D eigenvalue weighted by molar-refractivity contribution is 5.94. The maximum atomic E-state index is 12.8. The second-order valence-electron chi connectivity index (χ2n) is 7.87. The maximum Gasteiger partial charge on any atom is 0.315 e. The number of amides is 3. The van der Waals surface area contributed by atoms with Gasteiger partial charge >= 0.3 is 6.03 Å². The fourth-order valence-corrected chi connectivity index (χ4v) is 3.06. The van der Waals surface area contributed by atoms with E-state index in [9.17, 15) is 9.59 Å². The number of rotatable bonds is 4. The minimum atomic E-state index is -0.376. The van der Waals surface area contributed by atoms with Crippen LogP contribution in [0.15, 0.2) is 24.3 Å². The van der Waals surface area contributed by atoms with Crippen molar-refractivity contribution in [2.45, 2.75) is 58.7 Å². The van der Waals surface area contributed by atoms with Crippen molar-refractivity contribution >= 4 is 17.6 Å². The van der Waals surface area contributed by atoms with E-state index in [0.717, 1.165) is 17.1 Å². The molecule has 144 valence electrons. The molecular formula is C19H26N6O2. The van der Waals surface area contributed by atoms with Crippen LogP contribution in [0.25, 0.3) is 0 Å². The number of carbonyl (C=O) groups is 2. The third-order valence-electron chi connectivity index (χ3n) is 4.31. The van der Waals surface area contributed by atoms with Gasteiger partial charge in [0.15, 0.2) is 5.82 Å². The van der Waals surface area contributed by atoms with E-state index in [0.29, 0.717) is 18.7 Å². The quantitative estimate of drug-likeness (QED) is 0.769. The molecule has 1 unspecified atom stereocenters. The first-order chi connectivity index (χ1) is 12.7. The Bertz CT molecular complexity index is 835. The second-order valence-corrected chi connectivity index (χ2v) is 7.87. The van der Waals surface area contributed by atoms with Gasteiger partial charge in [0.2, 0.25) is 5.91 Å². The van der Waals surface area contributed by atoms with E-state index in [1.165, 1.54) is 0 Å². The van der Waals surface area contributed by atoms with E-state index in [2.05, 4.69) is 26.1 Å². The molecule has 1 atom stereocenters. The Morgan fingerprint density at radius 1 is 1.19 bits per heavy atom. The minimum absolute atomic E-state index is 0.0993. The summed E-state index contributed by atoms with van der Waals surface area (Å²) in [7, 11) is 0. The molecule has 3 N–H and O–H groups in total. The summed E-state index contributed by atoms with van der Waals surface area (Å²) in [6.45, 7) is 7.94. The molecule has 2 heterocycles. The number of nitrogens with zero attached hydrogens (tertiary/aromatic N) is 3. The SMILES string of the molecule is Cc1ccc(NC(=O)C2CCc3nnc(CNC(=O)NC(C)(C)C)n32)cc1. The number of fused-ring (bicyclic) bond motifs is 1. The molecule has 0 bridgehead atoms. The summed E-state index contributed by atoms with van der Waals surface area (Å²) in [5.74, 6) is 1.25. The first-order valence-corrected chi connectivity index (χ1v) is 9.09. The van der Waals surface area contributed by atoms with Gasteiger partial charge in [0.1, 0.15) is 11.9 Å². The second kappa shape index (κ2) is 7.38. The lowest BCUT2D eigenvalue weighted by Gasteiger charge is -2.21. The molecule has 0 saturated carbocycles. The topological polar surface area (TPSA) is 101 Å². The number of aryl methyl sites for hydroxylation is 2. The molecule has 3 amide bonds. The van der Waals surface area contributed by atoms with E-state index in [-0.39, 0.29) is 30.1 Å². The van der Waals surface area contributed by atoms with Crippen LogP contribution < -0.4 is 16.0 Å². The number of benzene rings is 1. The van der Waals surface area contributed by atoms with Gasteiger partial charge in [-0.2, -0.15) is 0 Å². The number of nitrogens with one attached hydrogen (secondary N) is 3. The van der Waals surface area contributed by atoms with Crippen molar-refractivity contribution < 1.29 is 9.59 Å². The summed E-state index contributed by atoms with van der Waals surface area (Å²) in [6.07, 6.45) is 1.36. The molecule has 1 aliphatic heterocycles. The molecule has 1 aromatic carbocycles. The molecule has 3 rings (SSSR count). The van der Waals surface area contributed by atoms with Gasteiger partial charge in [-0.3, -0.25) is 4.79 Å². The summed E-state index contributed by atoms with van der Waals surface area (Å²) in [4.78, 5) is 24.7. The van der Waals surface area contributed by atoms with Gasteiger partial charge in [0.25, 0.3) is 0 Å². The third-order valence-corrected chi connectivity index (χ3v) is 4.31. The number of carbonyl (C=O) groups excluding carboxylic acids is 2. The molecular weight excluding hydrogens is 344 g/mol. The number of aromatic nitrogens is 3. The van der Waals surface area contributed by atoms with Crippen LogP contribution in [0, 0.1) is 6.92 Å². The highest BCUT2D eigenvalue weighted by Crippen LogP contribution is 2.27. The number of anilines is 1. The molecule has 2 aromatic rings. The van der Waals surface area contributed by atoms with Crippen LogP contribution in [-0.4, -0.2) is 32.2 Å². The van der Waals surface area contributed by atoms with Gasteiger partial charge in [0, 0.05) is 17.6 Å². The molecule has 0 fully saturated rings. The van der Waals surface area contributed by atoms with E-state index in [1.807, 2.05) is 56.5 Å². The molecule has 8 heteroatoms. The van der Waals surface area contributed by atoms with Crippen molar-refractivity contribution in [3.05, 3.63) is 41.5 Å². The average Bonchev–Trinajstić information content (AvgIpc) is 3.15. The minimum Gasteiger partial charge on any atom is -0.334 e. The normalized spacial score (nSPS) is 15.9. The summed E-state index contributed by atoms with van der Waals surface area (Å²) in [6, 6.07) is 7.02. The Kier molecular flexibility index (Phi) is 5.16. The summed E-state index contributed by atoms with van der Waals surface area (Å²) in [5, 5.41) is 16.9. The Morgan fingerprint density at radius 2 is 1.89 bits per heavy atom. The monoisotopic (exact) mass is 370 g/mol. The van der Waals surface area contributed by atoms with Crippen molar-refractivity contribution in [1.29, 1.82) is 0 Å². The van der Waals surface area contributed by atoms with Crippen LogP contribution in [0.1, 0.15) is 50.4 Å². The van der Waals surface area contributed by atoms with Crippen molar-refractivity contribution in [2.75, 3.05) is 5.32 Å². The summed E-state index contributed by atoms with van der Waals surface area (Å²) >= 11 is 0. The van der Waals surface area contributed by atoms with Crippen LogP contribution in [0.4, 0.5) is 10.5 Å². The largest absolute Gasteiger partial charge is 0.334 e. The first kappa shape index (κ1) is 18.9. The lowest BCUT2D eigenvalue weighted by Crippen LogP contribution is -2.46. The van der Waals surface area contributed by atoms with E-state index >= 15 is 0 Å². The van der Waals surface area contributed by atoms with Crippen LogP contribution in [0.3, 0.4) is 0 Å². The zero-order valence-corrected chi connectivity index (χ0v) is 16.2. The summed E-state index contributed by atoms with van der Waals surface area (Å²) < 4.78 is 1.83. The number of urea groups is 1. The van der Waals surface area contributed by atoms with Crippen molar-refractivity contribution in [2.24, 2.45) is 0 Å². The first-order valence-electron chi connectivity index (χ1n) is 9.09.